The molecular weight excluding hydrogens is 284 g/mol. The van der Waals surface area contributed by atoms with Crippen molar-refractivity contribution < 1.29 is 5.11 Å². The summed E-state index contributed by atoms with van der Waals surface area (Å²) in [7, 11) is 0. The lowest BCUT2D eigenvalue weighted by Gasteiger charge is -2.38. The predicted molar refractivity (Wildman–Crippen MR) is 87.1 cm³/mol. The lowest BCUT2D eigenvalue weighted by Crippen LogP contribution is -2.42. The van der Waals surface area contributed by atoms with E-state index in [0.29, 0.717) is 12.6 Å². The smallest absolute Gasteiger partial charge is 0.195 e. The van der Waals surface area contributed by atoms with Crippen LogP contribution in [0.25, 0.3) is 4.96 Å². The number of rotatable bonds is 8. The SMILES string of the molecule is CCCNCc1c(N(CCO)C2CCC2)nc2sccn12. The van der Waals surface area contributed by atoms with Gasteiger partial charge in [-0.1, -0.05) is 6.92 Å². The number of anilines is 1. The molecule has 1 fully saturated rings. The Bertz CT molecular complexity index is 575. The van der Waals surface area contributed by atoms with E-state index in [0.717, 1.165) is 30.3 Å². The number of aromatic nitrogens is 2. The number of thiazole rings is 1. The van der Waals surface area contributed by atoms with Crippen molar-refractivity contribution in [3.05, 3.63) is 17.3 Å². The average molecular weight is 308 g/mol. The topological polar surface area (TPSA) is 52.8 Å². The first-order valence-corrected chi connectivity index (χ1v) is 8.75. The lowest BCUT2D eigenvalue weighted by atomic mass is 9.91. The van der Waals surface area contributed by atoms with Gasteiger partial charge in [-0.15, -0.1) is 11.3 Å². The van der Waals surface area contributed by atoms with Crippen molar-refractivity contribution in [3.8, 4) is 0 Å². The maximum absolute atomic E-state index is 9.41. The third kappa shape index (κ3) is 2.93. The third-order valence-corrected chi connectivity index (χ3v) is 4.94. The van der Waals surface area contributed by atoms with E-state index in [4.69, 9.17) is 4.98 Å². The summed E-state index contributed by atoms with van der Waals surface area (Å²) in [5.41, 5.74) is 1.22. The number of hydrogen-bond donors (Lipinski definition) is 2. The summed E-state index contributed by atoms with van der Waals surface area (Å²) in [6.07, 6.45) is 6.94. The van der Waals surface area contributed by atoms with Crippen molar-refractivity contribution in [3.63, 3.8) is 0 Å². The summed E-state index contributed by atoms with van der Waals surface area (Å²) in [6.45, 7) is 4.88. The van der Waals surface area contributed by atoms with Gasteiger partial charge in [-0.25, -0.2) is 4.98 Å². The Morgan fingerprint density at radius 2 is 2.38 bits per heavy atom. The van der Waals surface area contributed by atoms with Crippen LogP contribution >= 0.6 is 11.3 Å². The van der Waals surface area contributed by atoms with Crippen LogP contribution in [0.5, 0.6) is 0 Å². The van der Waals surface area contributed by atoms with Crippen molar-refractivity contribution in [2.45, 2.75) is 45.2 Å². The van der Waals surface area contributed by atoms with Gasteiger partial charge in [-0.2, -0.15) is 0 Å². The van der Waals surface area contributed by atoms with Crippen molar-refractivity contribution in [1.82, 2.24) is 14.7 Å². The van der Waals surface area contributed by atoms with Gasteiger partial charge < -0.3 is 15.3 Å². The Morgan fingerprint density at radius 3 is 3.05 bits per heavy atom. The molecule has 0 amide bonds. The van der Waals surface area contributed by atoms with Crippen LogP contribution in [-0.4, -0.2) is 40.2 Å². The largest absolute Gasteiger partial charge is 0.395 e. The molecule has 1 aliphatic carbocycles. The van der Waals surface area contributed by atoms with Crippen molar-refractivity contribution in [1.29, 1.82) is 0 Å². The summed E-state index contributed by atoms with van der Waals surface area (Å²) < 4.78 is 2.19. The molecule has 116 valence electrons. The minimum atomic E-state index is 0.184. The second-order valence-electron chi connectivity index (χ2n) is 5.62. The minimum absolute atomic E-state index is 0.184. The third-order valence-electron chi connectivity index (χ3n) is 4.19. The molecular formula is C15H24N4OS. The van der Waals surface area contributed by atoms with E-state index >= 15 is 0 Å². The van der Waals surface area contributed by atoms with Crippen LogP contribution in [0.2, 0.25) is 0 Å². The maximum atomic E-state index is 9.41. The Morgan fingerprint density at radius 1 is 1.52 bits per heavy atom. The van der Waals surface area contributed by atoms with Gasteiger partial charge in [0.1, 0.15) is 0 Å². The van der Waals surface area contributed by atoms with E-state index in [1.165, 1.54) is 25.0 Å². The molecule has 2 aromatic rings. The molecule has 0 saturated heterocycles. The second-order valence-corrected chi connectivity index (χ2v) is 6.49. The summed E-state index contributed by atoms with van der Waals surface area (Å²) in [6, 6.07) is 0.548. The van der Waals surface area contributed by atoms with Crippen LogP contribution < -0.4 is 10.2 Å². The van der Waals surface area contributed by atoms with Crippen LogP contribution in [0.3, 0.4) is 0 Å². The first-order valence-electron chi connectivity index (χ1n) is 7.87. The Hall–Kier alpha value is -1.11. The van der Waals surface area contributed by atoms with E-state index in [1.807, 2.05) is 0 Å². The molecule has 2 aromatic heterocycles. The van der Waals surface area contributed by atoms with Crippen LogP contribution in [0.15, 0.2) is 11.6 Å². The molecule has 1 aliphatic rings. The summed E-state index contributed by atoms with van der Waals surface area (Å²) in [4.78, 5) is 8.18. The summed E-state index contributed by atoms with van der Waals surface area (Å²) in [5.74, 6) is 1.06. The zero-order valence-electron chi connectivity index (χ0n) is 12.6. The average Bonchev–Trinajstić information content (AvgIpc) is 2.98. The molecule has 0 radical (unpaired) electrons. The Balaban J connectivity index is 1.90. The fourth-order valence-electron chi connectivity index (χ4n) is 2.87. The number of hydrogen-bond acceptors (Lipinski definition) is 5. The number of nitrogens with zero attached hydrogens (tertiary/aromatic N) is 3. The number of fused-ring (bicyclic) bond motifs is 1. The fourth-order valence-corrected chi connectivity index (χ4v) is 3.59. The Kier molecular flexibility index (Phi) is 4.77. The van der Waals surface area contributed by atoms with Crippen LogP contribution in [0.4, 0.5) is 5.82 Å². The molecule has 6 heteroatoms. The summed E-state index contributed by atoms with van der Waals surface area (Å²) >= 11 is 1.67. The highest BCUT2D eigenvalue weighted by atomic mass is 32.1. The number of aliphatic hydroxyl groups is 1. The van der Waals surface area contributed by atoms with Crippen molar-refractivity contribution in [2.75, 3.05) is 24.6 Å². The molecule has 0 aromatic carbocycles. The highest BCUT2D eigenvalue weighted by Crippen LogP contribution is 2.32. The van der Waals surface area contributed by atoms with E-state index in [2.05, 4.69) is 33.1 Å². The molecule has 5 nitrogen and oxygen atoms in total. The van der Waals surface area contributed by atoms with Crippen molar-refractivity contribution >= 4 is 22.1 Å². The van der Waals surface area contributed by atoms with E-state index in [-0.39, 0.29) is 6.61 Å². The van der Waals surface area contributed by atoms with E-state index in [1.54, 1.807) is 11.3 Å². The van der Waals surface area contributed by atoms with Gasteiger partial charge in [0.2, 0.25) is 0 Å². The normalized spacial score (nSPS) is 15.5. The molecule has 21 heavy (non-hydrogen) atoms. The van der Waals surface area contributed by atoms with E-state index < -0.39 is 0 Å². The van der Waals surface area contributed by atoms with Gasteiger partial charge in [-0.3, -0.25) is 4.40 Å². The van der Waals surface area contributed by atoms with Gasteiger partial charge in [0, 0.05) is 30.7 Å². The first kappa shape index (κ1) is 14.8. The zero-order chi connectivity index (χ0) is 14.7. The molecule has 3 rings (SSSR count). The second kappa shape index (κ2) is 6.77. The molecule has 0 atom stereocenters. The maximum Gasteiger partial charge on any atom is 0.195 e. The number of imidazole rings is 1. The van der Waals surface area contributed by atoms with Gasteiger partial charge in [0.25, 0.3) is 0 Å². The zero-order valence-corrected chi connectivity index (χ0v) is 13.4. The molecule has 0 bridgehead atoms. The predicted octanol–water partition coefficient (Wildman–Crippen LogP) is 2.25. The molecule has 0 aliphatic heterocycles. The number of aliphatic hydroxyl groups excluding tert-OH is 1. The highest BCUT2D eigenvalue weighted by Gasteiger charge is 2.29. The standard InChI is InChI=1S/C15H24N4OS/c1-2-6-16-11-13-14(17-15-19(13)8-10-21-15)18(7-9-20)12-4-3-5-12/h8,10,12,16,20H,2-7,9,11H2,1H3. The molecule has 0 unspecified atom stereocenters. The van der Waals surface area contributed by atoms with Crippen LogP contribution in [0, 0.1) is 0 Å². The fraction of sp³-hybridized carbons (Fsp3) is 0.667. The van der Waals surface area contributed by atoms with Crippen molar-refractivity contribution in [2.24, 2.45) is 0 Å². The van der Waals surface area contributed by atoms with Gasteiger partial charge in [0.15, 0.2) is 10.8 Å². The van der Waals surface area contributed by atoms with Gasteiger partial charge >= 0.3 is 0 Å². The van der Waals surface area contributed by atoms with Crippen LogP contribution in [0.1, 0.15) is 38.3 Å². The molecule has 1 saturated carbocycles. The minimum Gasteiger partial charge on any atom is -0.395 e. The highest BCUT2D eigenvalue weighted by molar-refractivity contribution is 7.15. The lowest BCUT2D eigenvalue weighted by molar-refractivity contribution is 0.283. The monoisotopic (exact) mass is 308 g/mol. The van der Waals surface area contributed by atoms with Gasteiger partial charge in [-0.05, 0) is 32.2 Å². The van der Waals surface area contributed by atoms with Gasteiger partial charge in [0.05, 0.1) is 12.3 Å². The Labute approximate surface area is 129 Å². The first-order chi connectivity index (χ1) is 10.3. The molecule has 0 spiro atoms. The van der Waals surface area contributed by atoms with Crippen LogP contribution in [-0.2, 0) is 6.54 Å². The molecule has 2 N–H and O–H groups in total. The molecule has 2 heterocycles. The number of nitrogens with one attached hydrogen (secondary N) is 1. The van der Waals surface area contributed by atoms with E-state index in [9.17, 15) is 5.11 Å². The summed E-state index contributed by atoms with van der Waals surface area (Å²) in [5, 5.41) is 15.0. The quantitative estimate of drug-likeness (QED) is 0.735.